The average Bonchev–Trinajstić information content (AvgIpc) is 3.54. The molecule has 6 rings (SSSR count). The molecule has 12 heteroatoms. The van der Waals surface area contributed by atoms with Gasteiger partial charge in [0.05, 0.1) is 23.6 Å². The molecule has 2 aliphatic rings. The first kappa shape index (κ1) is 28.8. The standard InChI is InChI=1S/C31H38N8O4/c1-4-14-38-29(41)22-10-11-25(34-27(22)39(38)20(2)3)35-30-32-17-23(28-37-31(19-43-28)12-15-42-16-13-31)26(36-30)33-24(18-40)21-8-6-5-7-9-21/h5-11,17,20,24,40H,4,12-16,18-19H2,1-3H3,(H2,32,33,34,35,36)/t24-/m1/s1. The Morgan fingerprint density at radius 3 is 2.60 bits per heavy atom. The smallest absolute Gasteiger partial charge is 0.276 e. The second-order valence-corrected chi connectivity index (χ2v) is 11.3. The zero-order valence-corrected chi connectivity index (χ0v) is 24.8. The van der Waals surface area contributed by atoms with Crippen molar-refractivity contribution in [2.45, 2.75) is 64.2 Å². The molecule has 1 spiro atoms. The molecule has 0 radical (unpaired) electrons. The lowest BCUT2D eigenvalue weighted by molar-refractivity contribution is 0.0442. The van der Waals surface area contributed by atoms with E-state index in [1.807, 2.05) is 55.8 Å². The number of anilines is 3. The molecule has 43 heavy (non-hydrogen) atoms. The monoisotopic (exact) mass is 586 g/mol. The summed E-state index contributed by atoms with van der Waals surface area (Å²) >= 11 is 0. The number of aromatic nitrogens is 5. The van der Waals surface area contributed by atoms with E-state index in [1.54, 1.807) is 23.0 Å². The zero-order chi connectivity index (χ0) is 30.0. The van der Waals surface area contributed by atoms with Crippen LogP contribution in [0.1, 0.15) is 63.2 Å². The Labute approximate surface area is 249 Å². The minimum Gasteiger partial charge on any atom is -0.475 e. The predicted molar refractivity (Wildman–Crippen MR) is 165 cm³/mol. The Balaban J connectivity index is 1.37. The summed E-state index contributed by atoms with van der Waals surface area (Å²) in [6, 6.07) is 12.9. The van der Waals surface area contributed by atoms with Crippen LogP contribution in [0, 0.1) is 0 Å². The van der Waals surface area contributed by atoms with Crippen molar-refractivity contribution in [3.8, 4) is 0 Å². The molecular weight excluding hydrogens is 548 g/mol. The van der Waals surface area contributed by atoms with E-state index < -0.39 is 6.04 Å². The summed E-state index contributed by atoms with van der Waals surface area (Å²) < 4.78 is 15.4. The lowest BCUT2D eigenvalue weighted by Crippen LogP contribution is -2.35. The minimum absolute atomic E-state index is 0.0467. The van der Waals surface area contributed by atoms with Gasteiger partial charge >= 0.3 is 0 Å². The van der Waals surface area contributed by atoms with Gasteiger partial charge in [0.1, 0.15) is 23.8 Å². The molecule has 1 fully saturated rings. The summed E-state index contributed by atoms with van der Waals surface area (Å²) in [6.07, 6.45) is 4.09. The van der Waals surface area contributed by atoms with Crippen molar-refractivity contribution in [2.24, 2.45) is 4.99 Å². The normalized spacial score (nSPS) is 16.8. The fourth-order valence-electron chi connectivity index (χ4n) is 5.69. The first-order chi connectivity index (χ1) is 20.9. The van der Waals surface area contributed by atoms with Crippen molar-refractivity contribution in [2.75, 3.05) is 37.1 Å². The SMILES string of the molecule is CCCn1c(=O)c2ccc(Nc3ncc(C4=NC5(CCOCC5)CO4)c(N[C@H](CO)c4ccccc4)n3)nc2n1C(C)C. The Bertz CT molecular complexity index is 1670. The van der Waals surface area contributed by atoms with E-state index in [-0.39, 0.29) is 23.7 Å². The van der Waals surface area contributed by atoms with Gasteiger partial charge in [-0.2, -0.15) is 4.98 Å². The molecule has 3 aromatic heterocycles. The molecule has 1 atom stereocenters. The van der Waals surface area contributed by atoms with Crippen LogP contribution in [0.4, 0.5) is 17.6 Å². The van der Waals surface area contributed by atoms with Crippen LogP contribution in [-0.4, -0.2) is 67.3 Å². The molecule has 0 amide bonds. The molecule has 5 heterocycles. The highest BCUT2D eigenvalue weighted by molar-refractivity contribution is 6.00. The topological polar surface area (TPSA) is 141 Å². The summed E-state index contributed by atoms with van der Waals surface area (Å²) in [4.78, 5) is 32.2. The van der Waals surface area contributed by atoms with Crippen molar-refractivity contribution in [1.29, 1.82) is 0 Å². The third-order valence-electron chi connectivity index (χ3n) is 7.94. The van der Waals surface area contributed by atoms with Gasteiger partial charge < -0.3 is 25.2 Å². The van der Waals surface area contributed by atoms with Gasteiger partial charge in [0, 0.05) is 32.0 Å². The molecule has 4 aromatic rings. The lowest BCUT2D eigenvalue weighted by atomic mass is 9.92. The van der Waals surface area contributed by atoms with Crippen molar-refractivity contribution >= 4 is 34.5 Å². The number of hydrogen-bond donors (Lipinski definition) is 3. The molecule has 0 aliphatic carbocycles. The van der Waals surface area contributed by atoms with E-state index >= 15 is 0 Å². The van der Waals surface area contributed by atoms with E-state index in [9.17, 15) is 9.90 Å². The number of aliphatic hydroxyl groups is 1. The maximum atomic E-state index is 13.1. The molecule has 1 aromatic carbocycles. The fourth-order valence-corrected chi connectivity index (χ4v) is 5.69. The van der Waals surface area contributed by atoms with Gasteiger partial charge in [-0.05, 0) is 50.8 Å². The number of fused-ring (bicyclic) bond motifs is 1. The summed E-state index contributed by atoms with van der Waals surface area (Å²) in [5.74, 6) is 1.75. The maximum absolute atomic E-state index is 13.1. The second kappa shape index (κ2) is 12.1. The third kappa shape index (κ3) is 5.72. The molecule has 2 aliphatic heterocycles. The highest BCUT2D eigenvalue weighted by Gasteiger charge is 2.39. The number of pyridine rings is 1. The van der Waals surface area contributed by atoms with Crippen molar-refractivity contribution in [1.82, 2.24) is 24.3 Å². The molecular formula is C31H38N8O4. The number of benzene rings is 1. The molecule has 1 saturated heterocycles. The number of rotatable bonds is 10. The van der Waals surface area contributed by atoms with Crippen LogP contribution in [-0.2, 0) is 16.0 Å². The lowest BCUT2D eigenvalue weighted by Gasteiger charge is -2.28. The number of nitrogens with one attached hydrogen (secondary N) is 2. The van der Waals surface area contributed by atoms with Crippen LogP contribution in [0.15, 0.2) is 58.4 Å². The summed E-state index contributed by atoms with van der Waals surface area (Å²) in [7, 11) is 0. The van der Waals surface area contributed by atoms with Gasteiger partial charge in [0.15, 0.2) is 5.65 Å². The molecule has 3 N–H and O–H groups in total. The Morgan fingerprint density at radius 2 is 1.88 bits per heavy atom. The Kier molecular flexibility index (Phi) is 8.13. The fraction of sp³-hybridized carbons (Fsp3) is 0.452. The molecule has 0 bridgehead atoms. The van der Waals surface area contributed by atoms with Gasteiger partial charge in [0.25, 0.3) is 5.56 Å². The molecule has 226 valence electrons. The van der Waals surface area contributed by atoms with E-state index in [0.29, 0.717) is 66.4 Å². The van der Waals surface area contributed by atoms with Crippen molar-refractivity contribution < 1.29 is 14.6 Å². The van der Waals surface area contributed by atoms with Crippen LogP contribution < -0.4 is 16.2 Å². The van der Waals surface area contributed by atoms with Crippen molar-refractivity contribution in [3.63, 3.8) is 0 Å². The van der Waals surface area contributed by atoms with Crippen LogP contribution in [0.2, 0.25) is 0 Å². The molecule has 0 unspecified atom stereocenters. The van der Waals surface area contributed by atoms with E-state index in [2.05, 4.69) is 15.6 Å². The number of aliphatic imine (C=N–C) groups is 1. The van der Waals surface area contributed by atoms with Gasteiger partial charge in [-0.1, -0.05) is 37.3 Å². The highest BCUT2D eigenvalue weighted by Crippen LogP contribution is 2.33. The minimum atomic E-state index is -0.421. The molecule has 12 nitrogen and oxygen atoms in total. The Hall–Kier alpha value is -4.29. The largest absolute Gasteiger partial charge is 0.475 e. The van der Waals surface area contributed by atoms with Crippen LogP contribution in [0.5, 0.6) is 0 Å². The third-order valence-corrected chi connectivity index (χ3v) is 7.94. The van der Waals surface area contributed by atoms with Crippen LogP contribution >= 0.6 is 0 Å². The first-order valence-corrected chi connectivity index (χ1v) is 14.9. The van der Waals surface area contributed by atoms with Gasteiger partial charge in [-0.3, -0.25) is 9.48 Å². The quantitative estimate of drug-likeness (QED) is 0.249. The van der Waals surface area contributed by atoms with Crippen LogP contribution in [0.3, 0.4) is 0 Å². The number of ether oxygens (including phenoxy) is 2. The zero-order valence-electron chi connectivity index (χ0n) is 24.8. The van der Waals surface area contributed by atoms with E-state index in [4.69, 9.17) is 24.4 Å². The van der Waals surface area contributed by atoms with E-state index in [0.717, 1.165) is 24.8 Å². The average molecular weight is 587 g/mol. The number of hydrogen-bond acceptors (Lipinski definition) is 10. The molecule has 0 saturated carbocycles. The van der Waals surface area contributed by atoms with Crippen LogP contribution in [0.25, 0.3) is 11.0 Å². The summed E-state index contributed by atoms with van der Waals surface area (Å²) in [6.45, 7) is 8.36. The second-order valence-electron chi connectivity index (χ2n) is 11.3. The maximum Gasteiger partial charge on any atom is 0.276 e. The van der Waals surface area contributed by atoms with Crippen molar-refractivity contribution in [3.05, 3.63) is 70.1 Å². The highest BCUT2D eigenvalue weighted by atomic mass is 16.5. The van der Waals surface area contributed by atoms with Gasteiger partial charge in [-0.15, -0.1) is 0 Å². The van der Waals surface area contributed by atoms with Gasteiger partial charge in [-0.25, -0.2) is 19.6 Å². The van der Waals surface area contributed by atoms with Gasteiger partial charge in [0.2, 0.25) is 11.8 Å². The first-order valence-electron chi connectivity index (χ1n) is 14.9. The number of nitrogens with zero attached hydrogens (tertiary/aromatic N) is 6. The summed E-state index contributed by atoms with van der Waals surface area (Å²) in [5.41, 5.74) is 1.77. The Morgan fingerprint density at radius 1 is 1.09 bits per heavy atom. The predicted octanol–water partition coefficient (Wildman–Crippen LogP) is 4.19. The number of aliphatic hydroxyl groups excluding tert-OH is 1. The van der Waals surface area contributed by atoms with E-state index in [1.165, 1.54) is 0 Å². The summed E-state index contributed by atoms with van der Waals surface area (Å²) in [5, 5.41) is 17.5.